The minimum Gasteiger partial charge on any atom is -0.354 e. The molecule has 1 atom stereocenters. The van der Waals surface area contributed by atoms with E-state index in [-0.39, 0.29) is 36.7 Å². The summed E-state index contributed by atoms with van der Waals surface area (Å²) in [7, 11) is 0. The van der Waals surface area contributed by atoms with Crippen molar-refractivity contribution >= 4 is 17.7 Å². The predicted molar refractivity (Wildman–Crippen MR) is 74.3 cm³/mol. The van der Waals surface area contributed by atoms with E-state index in [9.17, 15) is 14.4 Å². The van der Waals surface area contributed by atoms with Crippen molar-refractivity contribution in [2.75, 3.05) is 6.54 Å². The molecule has 0 spiro atoms. The molecule has 0 aliphatic carbocycles. The maximum Gasteiger partial charge on any atom is 0.261 e. The number of amides is 3. The molecule has 0 saturated carbocycles. The zero-order chi connectivity index (χ0) is 14.7. The molecule has 0 saturated heterocycles. The van der Waals surface area contributed by atoms with Gasteiger partial charge in [0.2, 0.25) is 5.91 Å². The molecule has 0 radical (unpaired) electrons. The first-order valence-corrected chi connectivity index (χ1v) is 6.79. The zero-order valence-electron chi connectivity index (χ0n) is 11.7. The number of imide groups is 1. The van der Waals surface area contributed by atoms with Crippen LogP contribution in [0.4, 0.5) is 0 Å². The second-order valence-corrected chi connectivity index (χ2v) is 4.93. The first kappa shape index (κ1) is 14.2. The summed E-state index contributed by atoms with van der Waals surface area (Å²) in [5, 5.41) is 2.82. The van der Waals surface area contributed by atoms with Gasteiger partial charge in [-0.25, -0.2) is 0 Å². The third-order valence-electron chi connectivity index (χ3n) is 3.46. The van der Waals surface area contributed by atoms with Crippen molar-refractivity contribution in [2.24, 2.45) is 0 Å². The van der Waals surface area contributed by atoms with E-state index < -0.39 is 0 Å². The molecule has 0 fully saturated rings. The van der Waals surface area contributed by atoms with E-state index in [2.05, 4.69) is 5.32 Å². The second kappa shape index (κ2) is 5.86. The van der Waals surface area contributed by atoms with Gasteiger partial charge in [-0.3, -0.25) is 19.3 Å². The van der Waals surface area contributed by atoms with Crippen LogP contribution in [0.15, 0.2) is 24.3 Å². The highest BCUT2D eigenvalue weighted by molar-refractivity contribution is 6.21. The topological polar surface area (TPSA) is 66.5 Å². The van der Waals surface area contributed by atoms with Crippen LogP contribution in [-0.4, -0.2) is 35.2 Å². The first-order chi connectivity index (χ1) is 9.54. The molecular weight excluding hydrogens is 256 g/mol. The smallest absolute Gasteiger partial charge is 0.261 e. The summed E-state index contributed by atoms with van der Waals surface area (Å²) in [6.45, 7) is 4.02. The summed E-state index contributed by atoms with van der Waals surface area (Å²) in [5.41, 5.74) is 0.833. The van der Waals surface area contributed by atoms with Crippen LogP contribution >= 0.6 is 0 Å². The predicted octanol–water partition coefficient (Wildman–Crippen LogP) is 1.59. The molecule has 5 heteroatoms. The molecule has 20 heavy (non-hydrogen) atoms. The molecule has 3 amide bonds. The average molecular weight is 274 g/mol. The van der Waals surface area contributed by atoms with Crippen LogP contribution in [0.3, 0.4) is 0 Å². The lowest BCUT2D eigenvalue weighted by molar-refractivity contribution is -0.121. The molecule has 0 unspecified atom stereocenters. The van der Waals surface area contributed by atoms with E-state index in [1.807, 2.05) is 13.8 Å². The number of benzene rings is 1. The van der Waals surface area contributed by atoms with Crippen LogP contribution in [0, 0.1) is 0 Å². The fourth-order valence-electron chi connectivity index (χ4n) is 2.10. The molecular formula is C15H18N2O3. The molecule has 1 heterocycles. The van der Waals surface area contributed by atoms with Crippen LogP contribution in [0.1, 0.15) is 47.4 Å². The third-order valence-corrected chi connectivity index (χ3v) is 3.46. The number of carbonyl (C=O) groups is 3. The number of carbonyl (C=O) groups excluding carboxylic acids is 3. The molecule has 0 bridgehead atoms. The lowest BCUT2D eigenvalue weighted by Crippen LogP contribution is -2.37. The van der Waals surface area contributed by atoms with Gasteiger partial charge in [-0.05, 0) is 25.5 Å². The summed E-state index contributed by atoms with van der Waals surface area (Å²) in [6, 6.07) is 6.82. The van der Waals surface area contributed by atoms with E-state index >= 15 is 0 Å². The summed E-state index contributed by atoms with van der Waals surface area (Å²) in [6.07, 6.45) is 0.981. The van der Waals surface area contributed by atoms with Crippen LogP contribution in [-0.2, 0) is 4.79 Å². The van der Waals surface area contributed by atoms with Crippen LogP contribution < -0.4 is 5.32 Å². The summed E-state index contributed by atoms with van der Waals surface area (Å²) >= 11 is 0. The Labute approximate surface area is 118 Å². The Morgan fingerprint density at radius 3 is 2.25 bits per heavy atom. The van der Waals surface area contributed by atoms with Crippen molar-refractivity contribution in [1.82, 2.24) is 10.2 Å². The van der Waals surface area contributed by atoms with Crippen LogP contribution in [0.5, 0.6) is 0 Å². The Morgan fingerprint density at radius 1 is 1.20 bits per heavy atom. The van der Waals surface area contributed by atoms with Gasteiger partial charge < -0.3 is 5.32 Å². The number of hydrogen-bond acceptors (Lipinski definition) is 3. The summed E-state index contributed by atoms with van der Waals surface area (Å²) in [4.78, 5) is 37.0. The monoisotopic (exact) mass is 274 g/mol. The lowest BCUT2D eigenvalue weighted by Gasteiger charge is -2.15. The maximum atomic E-state index is 12.1. The van der Waals surface area contributed by atoms with Crippen molar-refractivity contribution in [3.63, 3.8) is 0 Å². The van der Waals surface area contributed by atoms with Crippen molar-refractivity contribution in [3.8, 4) is 0 Å². The highest BCUT2D eigenvalue weighted by atomic mass is 16.2. The largest absolute Gasteiger partial charge is 0.354 e. The SMILES string of the molecule is CC[C@H](C)NC(=O)CCN1C(=O)c2ccccc2C1=O. The zero-order valence-corrected chi connectivity index (χ0v) is 11.7. The van der Waals surface area contributed by atoms with Crippen LogP contribution in [0.25, 0.3) is 0 Å². The maximum absolute atomic E-state index is 12.1. The Balaban J connectivity index is 1.97. The molecule has 1 aliphatic heterocycles. The van der Waals surface area contributed by atoms with Gasteiger partial charge in [-0.15, -0.1) is 0 Å². The fourth-order valence-corrected chi connectivity index (χ4v) is 2.10. The van der Waals surface area contributed by atoms with Crippen molar-refractivity contribution in [3.05, 3.63) is 35.4 Å². The third kappa shape index (κ3) is 2.71. The number of rotatable bonds is 5. The van der Waals surface area contributed by atoms with E-state index in [0.29, 0.717) is 11.1 Å². The van der Waals surface area contributed by atoms with Gasteiger partial charge in [-0.2, -0.15) is 0 Å². The molecule has 1 aromatic carbocycles. The second-order valence-electron chi connectivity index (χ2n) is 4.93. The minimum atomic E-state index is -0.318. The molecule has 5 nitrogen and oxygen atoms in total. The fraction of sp³-hybridized carbons (Fsp3) is 0.400. The van der Waals surface area contributed by atoms with E-state index in [4.69, 9.17) is 0 Å². The van der Waals surface area contributed by atoms with Gasteiger partial charge in [-0.1, -0.05) is 19.1 Å². The summed E-state index contributed by atoms with van der Waals surface area (Å²) in [5.74, 6) is -0.778. The number of nitrogens with one attached hydrogen (secondary N) is 1. The normalized spacial score (nSPS) is 15.2. The number of fused-ring (bicyclic) bond motifs is 1. The highest BCUT2D eigenvalue weighted by Crippen LogP contribution is 2.22. The molecule has 1 aromatic rings. The Hall–Kier alpha value is -2.17. The van der Waals surface area contributed by atoms with Gasteiger partial charge in [0.25, 0.3) is 11.8 Å². The Kier molecular flexibility index (Phi) is 4.17. The van der Waals surface area contributed by atoms with Gasteiger partial charge in [0.1, 0.15) is 0 Å². The highest BCUT2D eigenvalue weighted by Gasteiger charge is 2.34. The van der Waals surface area contributed by atoms with Gasteiger partial charge >= 0.3 is 0 Å². The molecule has 1 aliphatic rings. The van der Waals surface area contributed by atoms with E-state index in [1.165, 1.54) is 0 Å². The van der Waals surface area contributed by atoms with Crippen LogP contribution in [0.2, 0.25) is 0 Å². The van der Waals surface area contributed by atoms with Gasteiger partial charge in [0.15, 0.2) is 0 Å². The summed E-state index contributed by atoms with van der Waals surface area (Å²) < 4.78 is 0. The molecule has 2 rings (SSSR count). The van der Waals surface area contributed by atoms with Gasteiger partial charge in [0, 0.05) is 19.0 Å². The minimum absolute atomic E-state index is 0.102. The van der Waals surface area contributed by atoms with Crippen molar-refractivity contribution < 1.29 is 14.4 Å². The molecule has 0 aromatic heterocycles. The number of nitrogens with zero attached hydrogens (tertiary/aromatic N) is 1. The van der Waals surface area contributed by atoms with E-state index in [1.54, 1.807) is 24.3 Å². The van der Waals surface area contributed by atoms with E-state index in [0.717, 1.165) is 11.3 Å². The number of hydrogen-bond donors (Lipinski definition) is 1. The van der Waals surface area contributed by atoms with Crippen molar-refractivity contribution in [2.45, 2.75) is 32.7 Å². The van der Waals surface area contributed by atoms with Crippen molar-refractivity contribution in [1.29, 1.82) is 0 Å². The first-order valence-electron chi connectivity index (χ1n) is 6.79. The quantitative estimate of drug-likeness (QED) is 0.829. The Bertz CT molecular complexity index is 519. The average Bonchev–Trinajstić information content (AvgIpc) is 2.69. The Morgan fingerprint density at radius 2 is 1.75 bits per heavy atom. The standard InChI is InChI=1S/C15H18N2O3/c1-3-10(2)16-13(18)8-9-17-14(19)11-6-4-5-7-12(11)15(17)20/h4-7,10H,3,8-9H2,1-2H3,(H,16,18)/t10-/m0/s1. The molecule has 1 N–H and O–H groups in total. The molecule has 106 valence electrons. The van der Waals surface area contributed by atoms with Gasteiger partial charge in [0.05, 0.1) is 11.1 Å². The lowest BCUT2D eigenvalue weighted by atomic mass is 10.1.